The fourth-order valence-corrected chi connectivity index (χ4v) is 1.26. The van der Waals surface area contributed by atoms with Gasteiger partial charge in [-0.15, -0.1) is 0 Å². The molecule has 1 aromatic heterocycles. The van der Waals surface area contributed by atoms with Crippen LogP contribution in [0.1, 0.15) is 17.4 Å². The van der Waals surface area contributed by atoms with E-state index in [9.17, 15) is 9.18 Å². The molecule has 0 spiro atoms. The summed E-state index contributed by atoms with van der Waals surface area (Å²) in [5, 5.41) is -0.499. The third kappa shape index (κ3) is 1.70. The summed E-state index contributed by atoms with van der Waals surface area (Å²) in [6.45, 7) is 1.85. The third-order valence-corrected chi connectivity index (χ3v) is 1.83. The second-order valence-corrected chi connectivity index (χ2v) is 2.96. The van der Waals surface area contributed by atoms with Gasteiger partial charge < -0.3 is 4.74 Å². The fraction of sp³-hybridized carbons (Fsp3) is 0.333. The Hall–Kier alpha value is -1.17. The summed E-state index contributed by atoms with van der Waals surface area (Å²) < 4.78 is 17.4. The van der Waals surface area contributed by atoms with Gasteiger partial charge in [0.25, 0.3) is 5.69 Å². The maximum Gasteiger partial charge on any atom is 0.382 e. The van der Waals surface area contributed by atoms with Crippen LogP contribution in [-0.4, -0.2) is 12.6 Å². The molecule has 0 amide bonds. The molecular formula is C6H8FN2O2S+. The van der Waals surface area contributed by atoms with E-state index in [4.69, 9.17) is 5.73 Å². The number of rotatable bonds is 2. The van der Waals surface area contributed by atoms with Crippen LogP contribution in [0.25, 0.3) is 0 Å². The molecule has 12 heavy (non-hydrogen) atoms. The van der Waals surface area contributed by atoms with Gasteiger partial charge in [-0.3, -0.25) is 5.73 Å². The van der Waals surface area contributed by atoms with Gasteiger partial charge in [0.15, 0.2) is 0 Å². The Morgan fingerprint density at radius 3 is 2.92 bits per heavy atom. The van der Waals surface area contributed by atoms with E-state index >= 15 is 0 Å². The predicted octanol–water partition coefficient (Wildman–Crippen LogP) is 0.460. The number of aromatic nitrogens is 1. The van der Waals surface area contributed by atoms with E-state index in [-0.39, 0.29) is 17.4 Å². The second kappa shape index (κ2) is 3.48. The molecule has 1 aromatic rings. The van der Waals surface area contributed by atoms with E-state index in [1.54, 1.807) is 6.92 Å². The van der Waals surface area contributed by atoms with Gasteiger partial charge in [0.05, 0.1) is 6.61 Å². The highest BCUT2D eigenvalue weighted by Gasteiger charge is 2.21. The van der Waals surface area contributed by atoms with Crippen LogP contribution in [-0.2, 0) is 4.74 Å². The zero-order valence-electron chi connectivity index (χ0n) is 6.39. The number of anilines is 1. The smallest absolute Gasteiger partial charge is 0.382 e. The number of H-pyrrole nitrogens is 1. The average Bonchev–Trinajstić information content (AvgIpc) is 2.30. The van der Waals surface area contributed by atoms with Gasteiger partial charge in [0.2, 0.25) is 5.13 Å². The number of nitrogens with two attached hydrogens (primary N) is 1. The van der Waals surface area contributed by atoms with Crippen LogP contribution in [0.5, 0.6) is 0 Å². The number of thiazole rings is 1. The molecule has 4 nitrogen and oxygen atoms in total. The third-order valence-electron chi connectivity index (χ3n) is 1.12. The summed E-state index contributed by atoms with van der Waals surface area (Å²) in [4.78, 5) is 13.3. The monoisotopic (exact) mass is 191 g/mol. The quantitative estimate of drug-likeness (QED) is 0.690. The van der Waals surface area contributed by atoms with Crippen molar-refractivity contribution in [1.29, 1.82) is 0 Å². The maximum atomic E-state index is 12.8. The highest BCUT2D eigenvalue weighted by Crippen LogP contribution is 2.14. The van der Waals surface area contributed by atoms with Gasteiger partial charge in [-0.1, -0.05) is 0 Å². The number of hydrogen-bond donors (Lipinski definition) is 1. The molecule has 0 unspecified atom stereocenters. The molecule has 0 radical (unpaired) electrons. The number of hydrogen-bond acceptors (Lipinski definition) is 4. The molecule has 0 saturated carbocycles. The number of aromatic amines is 1. The van der Waals surface area contributed by atoms with Gasteiger partial charge in [0, 0.05) is 0 Å². The van der Waals surface area contributed by atoms with Crippen molar-refractivity contribution in [3.05, 3.63) is 10.8 Å². The first kappa shape index (κ1) is 8.92. The Kier molecular flexibility index (Phi) is 2.59. The summed E-state index contributed by atoms with van der Waals surface area (Å²) in [6, 6.07) is 0. The number of halogens is 1. The Balaban J connectivity index is 2.87. The zero-order valence-corrected chi connectivity index (χ0v) is 7.20. The summed E-state index contributed by atoms with van der Waals surface area (Å²) in [5.74, 6) is -0.719. The van der Waals surface area contributed by atoms with Crippen molar-refractivity contribution in [1.82, 2.24) is 0 Å². The minimum absolute atomic E-state index is 0.149. The molecular weight excluding hydrogens is 183 g/mol. The number of carbonyl (C=O) groups is 1. The zero-order chi connectivity index (χ0) is 9.14. The van der Waals surface area contributed by atoms with Crippen LogP contribution in [0, 0.1) is 5.13 Å². The van der Waals surface area contributed by atoms with Crippen molar-refractivity contribution in [3.63, 3.8) is 0 Å². The van der Waals surface area contributed by atoms with E-state index in [1.165, 1.54) is 0 Å². The van der Waals surface area contributed by atoms with E-state index in [0.29, 0.717) is 11.3 Å². The van der Waals surface area contributed by atoms with Gasteiger partial charge >= 0.3 is 11.1 Å². The van der Waals surface area contributed by atoms with E-state index in [2.05, 4.69) is 9.72 Å². The van der Waals surface area contributed by atoms with Crippen molar-refractivity contribution >= 4 is 22.4 Å². The SMILES string of the molecule is CCOC(=O)c1[nH+]c(N)sc1F. The molecule has 0 atom stereocenters. The van der Waals surface area contributed by atoms with Crippen molar-refractivity contribution in [3.8, 4) is 0 Å². The molecule has 0 bridgehead atoms. The van der Waals surface area contributed by atoms with Crippen molar-refractivity contribution in [2.75, 3.05) is 12.3 Å². The molecule has 0 aromatic carbocycles. The van der Waals surface area contributed by atoms with Crippen LogP contribution in [0.3, 0.4) is 0 Å². The first-order valence-electron chi connectivity index (χ1n) is 3.29. The minimum atomic E-state index is -0.719. The first-order valence-corrected chi connectivity index (χ1v) is 4.11. The lowest BCUT2D eigenvalue weighted by Gasteiger charge is -1.94. The molecule has 0 saturated heterocycles. The molecule has 0 aliphatic heterocycles. The Morgan fingerprint density at radius 2 is 2.50 bits per heavy atom. The number of esters is 1. The summed E-state index contributed by atoms with van der Waals surface area (Å²) in [7, 11) is 0. The lowest BCUT2D eigenvalue weighted by molar-refractivity contribution is -0.362. The number of carbonyl (C=O) groups excluding carboxylic acids is 1. The van der Waals surface area contributed by atoms with Crippen molar-refractivity contribution in [2.24, 2.45) is 0 Å². The second-order valence-electron chi connectivity index (χ2n) is 1.96. The van der Waals surface area contributed by atoms with Gasteiger partial charge in [-0.25, -0.2) is 9.78 Å². The Morgan fingerprint density at radius 1 is 1.83 bits per heavy atom. The van der Waals surface area contributed by atoms with Crippen LogP contribution >= 0.6 is 11.3 Å². The van der Waals surface area contributed by atoms with Crippen molar-refractivity contribution < 1.29 is 18.9 Å². The molecule has 66 valence electrons. The van der Waals surface area contributed by atoms with Gasteiger partial charge in [-0.2, -0.15) is 4.39 Å². The highest BCUT2D eigenvalue weighted by molar-refractivity contribution is 7.13. The predicted molar refractivity (Wildman–Crippen MR) is 41.2 cm³/mol. The first-order chi connectivity index (χ1) is 5.65. The topological polar surface area (TPSA) is 66.5 Å². The van der Waals surface area contributed by atoms with Crippen LogP contribution < -0.4 is 10.7 Å². The minimum Gasteiger partial charge on any atom is -0.460 e. The summed E-state index contributed by atoms with van der Waals surface area (Å²) in [6.07, 6.45) is 0. The molecule has 1 rings (SSSR count). The number of nitrogen functional groups attached to an aromatic ring is 1. The molecule has 1 heterocycles. The molecule has 0 aliphatic rings. The fourth-order valence-electron chi connectivity index (χ4n) is 0.680. The highest BCUT2D eigenvalue weighted by atomic mass is 32.1. The lowest BCUT2D eigenvalue weighted by atomic mass is 10.5. The normalized spacial score (nSPS) is 9.83. The Bertz CT molecular complexity index is 300. The largest absolute Gasteiger partial charge is 0.460 e. The molecule has 0 aliphatic carbocycles. The number of nitrogens with one attached hydrogen (secondary N) is 1. The standard InChI is InChI=1S/C6H7FN2O2S/c1-2-11-5(10)3-4(7)12-6(8)9-3/h2H2,1H3,(H2,8,9)/p+1. The summed E-state index contributed by atoms with van der Waals surface area (Å²) >= 11 is 0.678. The van der Waals surface area contributed by atoms with E-state index in [1.807, 2.05) is 0 Å². The van der Waals surface area contributed by atoms with E-state index in [0.717, 1.165) is 0 Å². The average molecular weight is 191 g/mol. The van der Waals surface area contributed by atoms with Crippen LogP contribution in [0.4, 0.5) is 9.52 Å². The van der Waals surface area contributed by atoms with Gasteiger partial charge in [0.1, 0.15) is 0 Å². The van der Waals surface area contributed by atoms with E-state index < -0.39 is 11.1 Å². The van der Waals surface area contributed by atoms with Crippen LogP contribution in [0.15, 0.2) is 0 Å². The van der Waals surface area contributed by atoms with Gasteiger partial charge in [-0.05, 0) is 18.3 Å². The van der Waals surface area contributed by atoms with Crippen LogP contribution in [0.2, 0.25) is 0 Å². The summed E-state index contributed by atoms with van der Waals surface area (Å²) in [5.41, 5.74) is 5.02. The maximum absolute atomic E-state index is 12.8. The molecule has 0 fully saturated rings. The molecule has 6 heteroatoms. The van der Waals surface area contributed by atoms with Crippen molar-refractivity contribution in [2.45, 2.75) is 6.92 Å². The molecule has 3 N–H and O–H groups in total. The lowest BCUT2D eigenvalue weighted by Crippen LogP contribution is -2.18. The number of ether oxygens (including phenoxy) is 1. The Labute approximate surface area is 72.2 Å².